The highest BCUT2D eigenvalue weighted by Gasteiger charge is 2.56. The van der Waals surface area contributed by atoms with Gasteiger partial charge in [-0.15, -0.1) is 0 Å². The van der Waals surface area contributed by atoms with Crippen LogP contribution in [0.4, 0.5) is 0 Å². The van der Waals surface area contributed by atoms with Crippen molar-refractivity contribution in [1.29, 1.82) is 0 Å². The van der Waals surface area contributed by atoms with Crippen molar-refractivity contribution in [2.24, 2.45) is 0 Å². The SMILES string of the molecule is CCCCO[C@@H]1OC(CO)[C@@H](O[C@@H]2OC(CO)[C@H](O)[C@H](O[C@]3(C)C[C@@H](O)[C@@H](NC(C)=O)C([C@H](O)[C@H](O)CC)O3)C2O)[C@H](O)C1NC(C)=O. The molecule has 0 bridgehead atoms. The lowest BCUT2D eigenvalue weighted by Gasteiger charge is -2.51. The topological polar surface area (TPSA) is 275 Å². The van der Waals surface area contributed by atoms with Gasteiger partial charge in [0.15, 0.2) is 18.4 Å². The standard InChI is InChI=1S/C30H54N2O16/c1-6-8-9-43-28-20(32-14(4)36)23(41)25(18(12-34)45-28)46-29-24(42)27(22(40)17(11-33)44-29)48-30(5)10-16(38)19(31-13(3)35)26(47-30)21(39)15(37)7-2/h15-29,33-34,37-42H,6-12H2,1-5H3,(H,31,35)(H,32,36)/t15-,16-,17?,18?,19-,20?,21-,22+,23-,24?,25-,26?,27+,28-,29+,30-/m1/s1. The van der Waals surface area contributed by atoms with Gasteiger partial charge in [0.05, 0.1) is 31.5 Å². The van der Waals surface area contributed by atoms with E-state index >= 15 is 0 Å². The molecule has 0 spiro atoms. The third-order valence-corrected chi connectivity index (χ3v) is 8.75. The predicted molar refractivity (Wildman–Crippen MR) is 162 cm³/mol. The highest BCUT2D eigenvalue weighted by atomic mass is 16.8. The fourth-order valence-corrected chi connectivity index (χ4v) is 6.22. The smallest absolute Gasteiger partial charge is 0.217 e. The highest BCUT2D eigenvalue weighted by Crippen LogP contribution is 2.38. The van der Waals surface area contributed by atoms with Gasteiger partial charge in [0.25, 0.3) is 0 Å². The van der Waals surface area contributed by atoms with Crippen LogP contribution in [0.5, 0.6) is 0 Å². The molecule has 18 heteroatoms. The van der Waals surface area contributed by atoms with E-state index in [1.165, 1.54) is 20.8 Å². The second kappa shape index (κ2) is 18.0. The molecule has 18 nitrogen and oxygen atoms in total. The van der Waals surface area contributed by atoms with Crippen molar-refractivity contribution in [1.82, 2.24) is 10.6 Å². The molecule has 10 N–H and O–H groups in total. The molecule has 2 amide bonds. The minimum Gasteiger partial charge on any atom is -0.394 e. The number of aliphatic hydroxyl groups is 8. The number of nitrogens with one attached hydrogen (secondary N) is 2. The Balaban J connectivity index is 1.87. The Hall–Kier alpha value is -1.62. The molecule has 280 valence electrons. The summed E-state index contributed by atoms with van der Waals surface area (Å²) in [4.78, 5) is 23.9. The lowest BCUT2D eigenvalue weighted by molar-refractivity contribution is -0.385. The van der Waals surface area contributed by atoms with Crippen molar-refractivity contribution in [3.8, 4) is 0 Å². The summed E-state index contributed by atoms with van der Waals surface area (Å²) in [7, 11) is 0. The second-order valence-corrected chi connectivity index (χ2v) is 12.7. The van der Waals surface area contributed by atoms with Crippen molar-refractivity contribution in [2.45, 2.75) is 158 Å². The molecule has 3 rings (SSSR count). The highest BCUT2D eigenvalue weighted by molar-refractivity contribution is 5.73. The normalized spacial score (nSPS) is 41.7. The van der Waals surface area contributed by atoms with Crippen molar-refractivity contribution in [3.63, 3.8) is 0 Å². The molecule has 0 aromatic carbocycles. The third-order valence-electron chi connectivity index (χ3n) is 8.75. The summed E-state index contributed by atoms with van der Waals surface area (Å²) < 4.78 is 35.2. The van der Waals surface area contributed by atoms with Crippen LogP contribution in [0.25, 0.3) is 0 Å². The van der Waals surface area contributed by atoms with Crippen molar-refractivity contribution >= 4 is 11.8 Å². The first kappa shape index (κ1) is 40.8. The van der Waals surface area contributed by atoms with Gasteiger partial charge in [-0.3, -0.25) is 9.59 Å². The summed E-state index contributed by atoms with van der Waals surface area (Å²) >= 11 is 0. The Morgan fingerprint density at radius 1 is 0.875 bits per heavy atom. The molecule has 3 heterocycles. The molecule has 0 saturated carbocycles. The van der Waals surface area contributed by atoms with Crippen molar-refractivity contribution < 1.29 is 78.9 Å². The molecule has 3 aliphatic heterocycles. The fourth-order valence-electron chi connectivity index (χ4n) is 6.22. The van der Waals surface area contributed by atoms with Gasteiger partial charge in [-0.1, -0.05) is 20.3 Å². The molecular weight excluding hydrogens is 644 g/mol. The average Bonchev–Trinajstić information content (AvgIpc) is 3.03. The van der Waals surface area contributed by atoms with Crippen LogP contribution in [0, 0.1) is 0 Å². The Bertz CT molecular complexity index is 1030. The first-order valence-corrected chi connectivity index (χ1v) is 16.4. The molecule has 0 radical (unpaired) electrons. The van der Waals surface area contributed by atoms with E-state index in [-0.39, 0.29) is 19.4 Å². The maximum atomic E-state index is 12.0. The Morgan fingerprint density at radius 2 is 1.48 bits per heavy atom. The minimum absolute atomic E-state index is 0.107. The summed E-state index contributed by atoms with van der Waals surface area (Å²) in [5, 5.41) is 91.3. The van der Waals surface area contributed by atoms with Gasteiger partial charge in [-0.05, 0) is 19.8 Å². The number of ether oxygens (including phenoxy) is 6. The number of rotatable bonds is 15. The van der Waals surface area contributed by atoms with Gasteiger partial charge < -0.3 is 79.9 Å². The lowest BCUT2D eigenvalue weighted by Crippen LogP contribution is -2.69. The van der Waals surface area contributed by atoms with Gasteiger partial charge >= 0.3 is 0 Å². The monoisotopic (exact) mass is 698 g/mol. The van der Waals surface area contributed by atoms with Crippen LogP contribution < -0.4 is 10.6 Å². The van der Waals surface area contributed by atoms with E-state index in [0.717, 1.165) is 6.42 Å². The summed E-state index contributed by atoms with van der Waals surface area (Å²) in [6, 6.07) is -2.32. The number of hydrogen-bond acceptors (Lipinski definition) is 16. The summed E-state index contributed by atoms with van der Waals surface area (Å²) in [6.07, 6.45) is -18.2. The number of aliphatic hydroxyl groups excluding tert-OH is 8. The van der Waals surface area contributed by atoms with Crippen molar-refractivity contribution in [3.05, 3.63) is 0 Å². The molecule has 0 aromatic rings. The van der Waals surface area contributed by atoms with Crippen LogP contribution in [0.15, 0.2) is 0 Å². The van der Waals surface area contributed by atoms with Crippen LogP contribution in [-0.4, -0.2) is 170 Å². The number of unbranched alkanes of at least 4 members (excludes halogenated alkanes) is 1. The van der Waals surface area contributed by atoms with E-state index in [2.05, 4.69) is 10.6 Å². The van der Waals surface area contributed by atoms with Crippen LogP contribution >= 0.6 is 0 Å². The van der Waals surface area contributed by atoms with Gasteiger partial charge in [0.2, 0.25) is 11.8 Å². The van der Waals surface area contributed by atoms with Crippen molar-refractivity contribution in [2.75, 3.05) is 19.8 Å². The van der Waals surface area contributed by atoms with Gasteiger partial charge in [0, 0.05) is 26.9 Å². The molecule has 5 unspecified atom stereocenters. The van der Waals surface area contributed by atoms with Gasteiger partial charge in [-0.2, -0.15) is 0 Å². The second-order valence-electron chi connectivity index (χ2n) is 12.7. The number of carbonyl (C=O) groups excluding carboxylic acids is 2. The van der Waals surface area contributed by atoms with Gasteiger partial charge in [-0.25, -0.2) is 0 Å². The van der Waals surface area contributed by atoms with E-state index < -0.39 is 123 Å². The Labute approximate surface area is 279 Å². The third kappa shape index (κ3) is 9.79. The maximum absolute atomic E-state index is 12.0. The molecule has 3 saturated heterocycles. The van der Waals surface area contributed by atoms with Crippen LogP contribution in [0.2, 0.25) is 0 Å². The van der Waals surface area contributed by atoms with E-state index in [9.17, 15) is 50.4 Å². The minimum atomic E-state index is -1.86. The number of carbonyl (C=O) groups is 2. The number of amides is 2. The predicted octanol–water partition coefficient (Wildman–Crippen LogP) is -3.90. The van der Waals surface area contributed by atoms with Crippen LogP contribution in [0.3, 0.4) is 0 Å². The summed E-state index contributed by atoms with van der Waals surface area (Å²) in [5.74, 6) is -2.91. The fraction of sp³-hybridized carbons (Fsp3) is 0.933. The molecule has 0 aromatic heterocycles. The lowest BCUT2D eigenvalue weighted by atomic mass is 9.88. The zero-order chi connectivity index (χ0) is 35.9. The molecule has 48 heavy (non-hydrogen) atoms. The first-order chi connectivity index (χ1) is 22.6. The van der Waals surface area contributed by atoms with E-state index in [1.807, 2.05) is 6.92 Å². The molecule has 16 atom stereocenters. The molecule has 3 aliphatic rings. The average molecular weight is 699 g/mol. The maximum Gasteiger partial charge on any atom is 0.217 e. The summed E-state index contributed by atoms with van der Waals surface area (Å²) in [5.41, 5.74) is 0. The van der Waals surface area contributed by atoms with Crippen LogP contribution in [-0.2, 0) is 38.0 Å². The van der Waals surface area contributed by atoms with E-state index in [0.29, 0.717) is 6.42 Å². The zero-order valence-corrected chi connectivity index (χ0v) is 28.0. The van der Waals surface area contributed by atoms with Crippen LogP contribution in [0.1, 0.15) is 60.3 Å². The van der Waals surface area contributed by atoms with Gasteiger partial charge in [0.1, 0.15) is 61.0 Å². The Morgan fingerprint density at radius 3 is 2.04 bits per heavy atom. The molecular formula is C30H54N2O16. The van der Waals surface area contributed by atoms with E-state index in [4.69, 9.17) is 28.4 Å². The largest absolute Gasteiger partial charge is 0.394 e. The number of hydrogen-bond donors (Lipinski definition) is 10. The molecule has 3 fully saturated rings. The zero-order valence-electron chi connectivity index (χ0n) is 28.0. The summed E-state index contributed by atoms with van der Waals surface area (Å²) in [6.45, 7) is 6.11. The van der Waals surface area contributed by atoms with E-state index in [1.54, 1.807) is 6.92 Å². The molecule has 0 aliphatic carbocycles. The first-order valence-electron chi connectivity index (χ1n) is 16.4. The quantitative estimate of drug-likeness (QED) is 0.0732. The Kier molecular flexibility index (Phi) is 15.3.